The number of aromatic nitrogens is 2. The van der Waals surface area contributed by atoms with Crippen LogP contribution in [-0.2, 0) is 10.2 Å². The molecule has 7 nitrogen and oxygen atoms in total. The average molecular weight is 508 g/mol. The molecule has 0 spiro atoms. The number of halogens is 1. The van der Waals surface area contributed by atoms with Crippen molar-refractivity contribution in [2.45, 2.75) is 52.4 Å². The van der Waals surface area contributed by atoms with E-state index in [1.54, 1.807) is 18.9 Å². The lowest BCUT2D eigenvalue weighted by Gasteiger charge is -2.19. The highest BCUT2D eigenvalue weighted by Gasteiger charge is 2.43. The topological polar surface area (TPSA) is 92.6 Å². The number of rotatable bonds is 7. The molecular formula is C29H34FN3O4. The van der Waals surface area contributed by atoms with Gasteiger partial charge in [-0.2, -0.15) is 0 Å². The highest BCUT2D eigenvalue weighted by Crippen LogP contribution is 2.51. The summed E-state index contributed by atoms with van der Waals surface area (Å²) in [5, 5.41) is 8.88. The van der Waals surface area contributed by atoms with Crippen LogP contribution < -0.4 is 4.74 Å². The summed E-state index contributed by atoms with van der Waals surface area (Å²) in [7, 11) is 1.72. The van der Waals surface area contributed by atoms with Gasteiger partial charge in [-0.05, 0) is 80.0 Å². The van der Waals surface area contributed by atoms with E-state index in [-0.39, 0.29) is 12.5 Å². The Morgan fingerprint density at radius 2 is 1.78 bits per heavy atom. The van der Waals surface area contributed by atoms with Gasteiger partial charge in [-0.3, -0.25) is 9.59 Å². The third kappa shape index (κ3) is 6.98. The van der Waals surface area contributed by atoms with Crippen molar-refractivity contribution in [3.05, 3.63) is 77.1 Å². The fourth-order valence-corrected chi connectivity index (χ4v) is 4.31. The van der Waals surface area contributed by atoms with Crippen LogP contribution in [0.2, 0.25) is 0 Å². The van der Waals surface area contributed by atoms with Gasteiger partial charge >= 0.3 is 5.97 Å². The molecule has 2 aromatic carbocycles. The maximum Gasteiger partial charge on any atom is 0.308 e. The van der Waals surface area contributed by atoms with E-state index in [9.17, 15) is 14.0 Å². The van der Waals surface area contributed by atoms with Crippen molar-refractivity contribution < 1.29 is 23.8 Å². The summed E-state index contributed by atoms with van der Waals surface area (Å²) in [6, 6.07) is 10.1. The van der Waals surface area contributed by atoms with Crippen molar-refractivity contribution in [1.29, 1.82) is 0 Å². The van der Waals surface area contributed by atoms with E-state index in [2.05, 4.69) is 29.9 Å². The number of nitrogens with zero attached hydrogens (tertiary/aromatic N) is 3. The van der Waals surface area contributed by atoms with Crippen LogP contribution in [0.3, 0.4) is 0 Å². The number of aliphatic hydroxyl groups is 1. The molecule has 1 saturated carbocycles. The first-order valence-electron chi connectivity index (χ1n) is 12.3. The fourth-order valence-electron chi connectivity index (χ4n) is 4.31. The predicted octanol–water partition coefficient (Wildman–Crippen LogP) is 5.02. The second-order valence-corrected chi connectivity index (χ2v) is 9.37. The van der Waals surface area contributed by atoms with Gasteiger partial charge in [-0.25, -0.2) is 14.4 Å². The Hall–Kier alpha value is -3.65. The van der Waals surface area contributed by atoms with Crippen LogP contribution in [0.1, 0.15) is 60.4 Å². The van der Waals surface area contributed by atoms with Gasteiger partial charge in [0.25, 0.3) is 5.91 Å². The van der Waals surface area contributed by atoms with Crippen molar-refractivity contribution in [2.24, 2.45) is 0 Å². The molecule has 8 heteroatoms. The van der Waals surface area contributed by atoms with Crippen LogP contribution in [0.15, 0.2) is 48.8 Å². The molecule has 0 unspecified atom stereocenters. The third-order valence-corrected chi connectivity index (χ3v) is 6.65. The van der Waals surface area contributed by atoms with Crippen molar-refractivity contribution in [3.63, 3.8) is 0 Å². The summed E-state index contributed by atoms with van der Waals surface area (Å²) >= 11 is 0. The van der Waals surface area contributed by atoms with E-state index in [0.29, 0.717) is 40.2 Å². The van der Waals surface area contributed by atoms with Crippen LogP contribution in [0.5, 0.6) is 5.75 Å². The summed E-state index contributed by atoms with van der Waals surface area (Å²) < 4.78 is 18.6. The zero-order chi connectivity index (χ0) is 27.2. The van der Waals surface area contributed by atoms with Crippen LogP contribution >= 0.6 is 0 Å². The minimum Gasteiger partial charge on any atom is -0.427 e. The average Bonchev–Trinajstić information content (AvgIpc) is 3.66. The Labute approximate surface area is 217 Å². The predicted molar refractivity (Wildman–Crippen MR) is 140 cm³/mol. The SMILES string of the molecule is CC(=O)Oc1ccc(F)c(-c2cnc(C)nc2)c1.CCC1(c2ccc(C(=O)N(C)CCO)cc2C)CC1. The quantitative estimate of drug-likeness (QED) is 0.357. The van der Waals surface area contributed by atoms with Crippen LogP contribution in [-0.4, -0.2) is 52.1 Å². The monoisotopic (exact) mass is 507 g/mol. The highest BCUT2D eigenvalue weighted by molar-refractivity contribution is 5.94. The number of esters is 1. The molecule has 1 amide bonds. The van der Waals surface area contributed by atoms with Crippen molar-refractivity contribution >= 4 is 11.9 Å². The minimum absolute atomic E-state index is 0.00173. The highest BCUT2D eigenvalue weighted by atomic mass is 19.1. The summed E-state index contributed by atoms with van der Waals surface area (Å²) in [6.45, 7) is 7.73. The number of aliphatic hydroxyl groups excluding tert-OH is 1. The molecule has 3 aromatic rings. The molecule has 0 saturated heterocycles. The Bertz CT molecular complexity index is 1260. The van der Waals surface area contributed by atoms with E-state index in [1.807, 2.05) is 12.1 Å². The molecule has 1 heterocycles. The molecule has 4 rings (SSSR count). The van der Waals surface area contributed by atoms with Crippen LogP contribution in [0.25, 0.3) is 11.1 Å². The number of benzene rings is 2. The lowest BCUT2D eigenvalue weighted by Crippen LogP contribution is -2.29. The molecule has 196 valence electrons. The van der Waals surface area contributed by atoms with E-state index in [1.165, 1.54) is 67.9 Å². The Morgan fingerprint density at radius 1 is 1.11 bits per heavy atom. The maximum atomic E-state index is 13.7. The third-order valence-electron chi connectivity index (χ3n) is 6.65. The molecule has 1 aliphatic carbocycles. The van der Waals surface area contributed by atoms with Gasteiger partial charge in [-0.15, -0.1) is 0 Å². The molecule has 0 radical (unpaired) electrons. The van der Waals surface area contributed by atoms with Crippen molar-refractivity contribution in [3.8, 4) is 16.9 Å². The minimum atomic E-state index is -0.451. The molecule has 1 N–H and O–H groups in total. The number of aryl methyl sites for hydroxylation is 2. The first-order valence-corrected chi connectivity index (χ1v) is 12.3. The van der Waals surface area contributed by atoms with Gasteiger partial charge in [0.05, 0.1) is 6.61 Å². The molecule has 0 bridgehead atoms. The number of carbonyl (C=O) groups is 2. The zero-order valence-electron chi connectivity index (χ0n) is 22.0. The normalized spacial score (nSPS) is 13.3. The number of ether oxygens (including phenoxy) is 1. The molecule has 1 aromatic heterocycles. The van der Waals surface area contributed by atoms with Gasteiger partial charge in [0, 0.05) is 49.6 Å². The van der Waals surface area contributed by atoms with Gasteiger partial charge in [0.1, 0.15) is 17.4 Å². The molecule has 0 atom stereocenters. The molecule has 1 aliphatic rings. The van der Waals surface area contributed by atoms with Gasteiger partial charge in [0.15, 0.2) is 0 Å². The first-order chi connectivity index (χ1) is 17.6. The lowest BCUT2D eigenvalue weighted by atomic mass is 9.88. The second-order valence-electron chi connectivity index (χ2n) is 9.37. The molecular weight excluding hydrogens is 473 g/mol. The number of hydrogen-bond acceptors (Lipinski definition) is 6. The summed E-state index contributed by atoms with van der Waals surface area (Å²) in [6.07, 6.45) is 6.76. The Morgan fingerprint density at radius 3 is 2.32 bits per heavy atom. The smallest absolute Gasteiger partial charge is 0.308 e. The van der Waals surface area contributed by atoms with Crippen LogP contribution in [0.4, 0.5) is 4.39 Å². The van der Waals surface area contributed by atoms with Crippen molar-refractivity contribution in [2.75, 3.05) is 20.2 Å². The van der Waals surface area contributed by atoms with E-state index >= 15 is 0 Å². The van der Waals surface area contributed by atoms with Crippen LogP contribution in [0, 0.1) is 19.7 Å². The molecule has 0 aliphatic heterocycles. The summed E-state index contributed by atoms with van der Waals surface area (Å²) in [4.78, 5) is 32.6. The summed E-state index contributed by atoms with van der Waals surface area (Å²) in [5.74, 6) is 0.00545. The van der Waals surface area contributed by atoms with Gasteiger partial charge < -0.3 is 14.7 Å². The summed E-state index contributed by atoms with van der Waals surface area (Å²) in [5.41, 5.74) is 4.53. The van der Waals surface area contributed by atoms with Crippen molar-refractivity contribution in [1.82, 2.24) is 14.9 Å². The second kappa shape index (κ2) is 12.1. The maximum absolute atomic E-state index is 13.7. The van der Waals surface area contributed by atoms with E-state index in [4.69, 9.17) is 9.84 Å². The Kier molecular flexibility index (Phi) is 9.10. The molecule has 37 heavy (non-hydrogen) atoms. The Balaban J connectivity index is 0.000000206. The number of likely N-dealkylation sites (N-methyl/N-ethyl adjacent to an activating group) is 1. The molecule has 1 fully saturated rings. The van der Waals surface area contributed by atoms with E-state index < -0.39 is 11.8 Å². The van der Waals surface area contributed by atoms with Gasteiger partial charge in [-0.1, -0.05) is 13.0 Å². The lowest BCUT2D eigenvalue weighted by molar-refractivity contribution is -0.131. The number of hydrogen-bond donors (Lipinski definition) is 1. The standard InChI is InChI=1S/C16H23NO2.C13H11FN2O2/c1-4-16(7-8-16)14-6-5-13(11-12(14)2)15(19)17(3)9-10-18;1-8-15-6-10(7-16-8)12-5-11(18-9(2)17)3-4-13(12)14/h5-6,11,18H,4,7-10H2,1-3H3;3-7H,1-2H3. The zero-order valence-corrected chi connectivity index (χ0v) is 22.0. The number of amides is 1. The fraction of sp³-hybridized carbons (Fsp3) is 0.379. The number of carbonyl (C=O) groups excluding carboxylic acids is 2. The largest absolute Gasteiger partial charge is 0.427 e. The first kappa shape index (κ1) is 27.9. The van der Waals surface area contributed by atoms with E-state index in [0.717, 1.165) is 0 Å². The van der Waals surface area contributed by atoms with Gasteiger partial charge in [0.2, 0.25) is 0 Å².